The van der Waals surface area contributed by atoms with E-state index < -0.39 is 17.4 Å². The zero-order chi connectivity index (χ0) is 24.6. The van der Waals surface area contributed by atoms with Crippen molar-refractivity contribution in [3.8, 4) is 11.7 Å². The lowest BCUT2D eigenvalue weighted by Gasteiger charge is -2.22. The summed E-state index contributed by atoms with van der Waals surface area (Å²) in [4.78, 5) is 30.9. The minimum atomic E-state index is -0.561. The lowest BCUT2D eigenvalue weighted by molar-refractivity contribution is 0.0913. The van der Waals surface area contributed by atoms with Crippen LogP contribution in [0.2, 0.25) is 5.02 Å². The lowest BCUT2D eigenvalue weighted by Crippen LogP contribution is -2.41. The summed E-state index contributed by atoms with van der Waals surface area (Å²) < 4.78 is 8.47. The third-order valence-electron chi connectivity index (χ3n) is 4.64. The fourth-order valence-electron chi connectivity index (χ4n) is 3.25. The Bertz CT molecular complexity index is 1410. The maximum absolute atomic E-state index is 13.5. The van der Waals surface area contributed by atoms with Crippen LogP contribution in [-0.2, 0) is 0 Å². The number of anilines is 1. The van der Waals surface area contributed by atoms with Gasteiger partial charge in [0.2, 0.25) is 5.88 Å². The van der Waals surface area contributed by atoms with Crippen molar-refractivity contribution in [2.24, 2.45) is 0 Å². The Labute approximate surface area is 208 Å². The summed E-state index contributed by atoms with van der Waals surface area (Å²) in [5.41, 5.74) is 0.665. The average molecular weight is 547 g/mol. The second-order valence-corrected chi connectivity index (χ2v) is 9.60. The molecule has 2 amide bonds. The summed E-state index contributed by atoms with van der Waals surface area (Å²) in [6.07, 6.45) is 3.11. The molecule has 0 fully saturated rings. The van der Waals surface area contributed by atoms with Gasteiger partial charge in [-0.3, -0.25) is 9.59 Å². The van der Waals surface area contributed by atoms with Crippen LogP contribution in [0.15, 0.2) is 47.2 Å². The molecule has 12 heteroatoms. The predicted octanol–water partition coefficient (Wildman–Crippen LogP) is 4.12. The third kappa shape index (κ3) is 4.62. The monoisotopic (exact) mass is 545 g/mol. The Morgan fingerprint density at radius 2 is 1.91 bits per heavy atom. The molecule has 0 aromatic carbocycles. The fraction of sp³-hybridized carbons (Fsp3) is 0.227. The topological polar surface area (TPSA) is 115 Å². The van der Waals surface area contributed by atoms with Crippen LogP contribution < -0.4 is 15.4 Å². The molecule has 0 unspecified atom stereocenters. The summed E-state index contributed by atoms with van der Waals surface area (Å²) in [6.45, 7) is 5.59. The second kappa shape index (κ2) is 9.07. The molecule has 176 valence electrons. The molecular formula is C22H21BrClN7O3. The molecule has 34 heavy (non-hydrogen) atoms. The van der Waals surface area contributed by atoms with Crippen LogP contribution in [-0.4, -0.2) is 48.8 Å². The van der Waals surface area contributed by atoms with Crippen LogP contribution in [0.3, 0.4) is 0 Å². The van der Waals surface area contributed by atoms with Crippen LogP contribution >= 0.6 is 27.5 Å². The fourth-order valence-corrected chi connectivity index (χ4v) is 3.98. The van der Waals surface area contributed by atoms with Crippen LogP contribution in [0.5, 0.6) is 5.88 Å². The van der Waals surface area contributed by atoms with Gasteiger partial charge in [-0.25, -0.2) is 14.2 Å². The van der Waals surface area contributed by atoms with Gasteiger partial charge in [0.1, 0.15) is 5.69 Å². The van der Waals surface area contributed by atoms with E-state index in [1.165, 1.54) is 28.6 Å². The number of nitrogens with one attached hydrogen (secondary N) is 2. The molecule has 0 aliphatic rings. The third-order valence-corrected chi connectivity index (χ3v) is 5.57. The summed E-state index contributed by atoms with van der Waals surface area (Å²) in [5, 5.41) is 14.6. The number of aromatic nitrogens is 5. The van der Waals surface area contributed by atoms with Gasteiger partial charge < -0.3 is 15.4 Å². The summed E-state index contributed by atoms with van der Waals surface area (Å²) in [5.74, 6) is -0.518. The number of methoxy groups -OCH3 is 1. The van der Waals surface area contributed by atoms with Crippen LogP contribution in [0, 0.1) is 0 Å². The van der Waals surface area contributed by atoms with Gasteiger partial charge in [-0.05, 0) is 61.0 Å². The van der Waals surface area contributed by atoms with Crippen molar-refractivity contribution < 1.29 is 14.3 Å². The highest BCUT2D eigenvalue weighted by Gasteiger charge is 2.27. The molecule has 0 bridgehead atoms. The van der Waals surface area contributed by atoms with E-state index in [1.807, 2.05) is 20.8 Å². The van der Waals surface area contributed by atoms with Crippen molar-refractivity contribution >= 4 is 50.5 Å². The van der Waals surface area contributed by atoms with E-state index in [0.717, 1.165) is 0 Å². The zero-order valence-electron chi connectivity index (χ0n) is 18.8. The minimum Gasteiger partial charge on any atom is -0.480 e. The van der Waals surface area contributed by atoms with Gasteiger partial charge in [0.05, 0.1) is 29.5 Å². The Morgan fingerprint density at radius 3 is 2.59 bits per heavy atom. The van der Waals surface area contributed by atoms with Gasteiger partial charge >= 0.3 is 0 Å². The number of rotatable bonds is 5. The van der Waals surface area contributed by atoms with E-state index in [-0.39, 0.29) is 28.8 Å². The van der Waals surface area contributed by atoms with E-state index in [0.29, 0.717) is 15.0 Å². The van der Waals surface area contributed by atoms with Crippen molar-refractivity contribution in [1.82, 2.24) is 29.7 Å². The first-order chi connectivity index (χ1) is 16.1. The predicted molar refractivity (Wildman–Crippen MR) is 131 cm³/mol. The first-order valence-electron chi connectivity index (χ1n) is 10.1. The zero-order valence-corrected chi connectivity index (χ0v) is 21.1. The number of fused-ring (bicyclic) bond motifs is 1. The molecule has 10 nitrogen and oxygen atoms in total. The quantitative estimate of drug-likeness (QED) is 0.389. The van der Waals surface area contributed by atoms with Crippen molar-refractivity contribution in [1.29, 1.82) is 0 Å². The van der Waals surface area contributed by atoms with Crippen LogP contribution in [0.4, 0.5) is 5.69 Å². The number of ether oxygens (including phenoxy) is 1. The summed E-state index contributed by atoms with van der Waals surface area (Å²) >= 11 is 9.77. The van der Waals surface area contributed by atoms with Crippen molar-refractivity contribution in [3.63, 3.8) is 0 Å². The summed E-state index contributed by atoms with van der Waals surface area (Å²) in [7, 11) is 1.44. The first kappa shape index (κ1) is 23.7. The van der Waals surface area contributed by atoms with Crippen LogP contribution in [0.25, 0.3) is 11.3 Å². The number of hydrogen-bond donors (Lipinski definition) is 2. The largest absolute Gasteiger partial charge is 0.480 e. The molecule has 2 N–H and O–H groups in total. The highest BCUT2D eigenvalue weighted by atomic mass is 79.9. The van der Waals surface area contributed by atoms with E-state index in [2.05, 4.69) is 41.7 Å². The van der Waals surface area contributed by atoms with Gasteiger partial charge in [0.25, 0.3) is 11.8 Å². The lowest BCUT2D eigenvalue weighted by atomic mass is 10.1. The van der Waals surface area contributed by atoms with Crippen molar-refractivity contribution in [2.75, 3.05) is 12.4 Å². The SMILES string of the molecule is COc1cc(C(=O)Nc2c(Br)cc3ccnn3c2C(=O)NC(C)(C)C)n(-c2ncccc2Cl)n1. The molecule has 4 heterocycles. The second-order valence-electron chi connectivity index (χ2n) is 8.33. The van der Waals surface area contributed by atoms with Crippen molar-refractivity contribution in [2.45, 2.75) is 26.3 Å². The van der Waals surface area contributed by atoms with Crippen molar-refractivity contribution in [3.05, 3.63) is 63.6 Å². The Morgan fingerprint density at radius 1 is 1.15 bits per heavy atom. The molecule has 4 aromatic rings. The van der Waals surface area contributed by atoms with Gasteiger partial charge in [-0.1, -0.05) is 11.6 Å². The average Bonchev–Trinajstić information content (AvgIpc) is 3.40. The number of carbonyl (C=O) groups excluding carboxylic acids is 2. The number of carbonyl (C=O) groups is 2. The molecule has 4 aromatic heterocycles. The number of nitrogens with zero attached hydrogens (tertiary/aromatic N) is 5. The van der Waals surface area contributed by atoms with E-state index in [1.54, 1.807) is 30.5 Å². The molecule has 0 spiro atoms. The smallest absolute Gasteiger partial charge is 0.274 e. The molecular weight excluding hydrogens is 526 g/mol. The minimum absolute atomic E-state index is 0.104. The standard InChI is InChI=1S/C22H21BrClN7O3/c1-22(2,3)28-21(33)18-17(13(23)10-12-7-9-26-30(12)18)27-20(32)15-11-16(34-4)29-31(15)19-14(24)6-5-8-25-19/h5-11H,1-4H3,(H,27,32)(H,28,33). The van der Waals surface area contributed by atoms with Gasteiger partial charge in [-0.15, -0.1) is 5.10 Å². The van der Waals surface area contributed by atoms with E-state index in [4.69, 9.17) is 16.3 Å². The van der Waals surface area contributed by atoms with Gasteiger partial charge in [0, 0.05) is 22.3 Å². The van der Waals surface area contributed by atoms with Gasteiger partial charge in [0.15, 0.2) is 11.5 Å². The highest BCUT2D eigenvalue weighted by molar-refractivity contribution is 9.10. The number of hydrogen-bond acceptors (Lipinski definition) is 6. The number of halogens is 2. The maximum atomic E-state index is 13.5. The number of pyridine rings is 2. The first-order valence-corrected chi connectivity index (χ1v) is 11.3. The van der Waals surface area contributed by atoms with E-state index in [9.17, 15) is 9.59 Å². The maximum Gasteiger partial charge on any atom is 0.274 e. The molecule has 0 radical (unpaired) electrons. The molecule has 0 aliphatic carbocycles. The van der Waals surface area contributed by atoms with E-state index >= 15 is 0 Å². The molecule has 4 rings (SSSR count). The Kier molecular flexibility index (Phi) is 6.32. The molecule has 0 aliphatic heterocycles. The molecule has 0 saturated heterocycles. The Balaban J connectivity index is 1.81. The normalized spacial score (nSPS) is 11.5. The summed E-state index contributed by atoms with van der Waals surface area (Å²) in [6, 6.07) is 8.27. The number of amides is 2. The molecule has 0 atom stereocenters. The Hall–Kier alpha value is -3.44. The van der Waals surface area contributed by atoms with Gasteiger partial charge in [-0.2, -0.15) is 5.10 Å². The highest BCUT2D eigenvalue weighted by Crippen LogP contribution is 2.30. The van der Waals surface area contributed by atoms with Crippen LogP contribution in [0.1, 0.15) is 41.7 Å². The molecule has 0 saturated carbocycles.